The van der Waals surface area contributed by atoms with E-state index in [1.165, 1.54) is 6.42 Å². The lowest BCUT2D eigenvalue weighted by molar-refractivity contribution is 0.0468. The smallest absolute Gasteiger partial charge is 0.300 e. The summed E-state index contributed by atoms with van der Waals surface area (Å²) in [7, 11) is 0. The number of hydrogen-bond donors (Lipinski definition) is 1. The molecular weight excluding hydrogens is 130 g/mol. The molecule has 1 rings (SSSR count). The lowest BCUT2D eigenvalue weighted by Gasteiger charge is -2.06. The third-order valence-corrected chi connectivity index (χ3v) is 1.35. The van der Waals surface area contributed by atoms with Gasteiger partial charge in [-0.15, -0.1) is 0 Å². The maximum atomic E-state index is 5.08. The number of nitrogens with one attached hydrogen (secondary N) is 1. The van der Waals surface area contributed by atoms with Gasteiger partial charge in [-0.2, -0.15) is 0 Å². The molecule has 0 spiro atoms. The average molecular weight is 144 g/mol. The molecule has 0 aromatic carbocycles. The minimum absolute atomic E-state index is 0.605. The van der Waals surface area contributed by atoms with E-state index in [4.69, 9.17) is 9.47 Å². The highest BCUT2D eigenvalue weighted by Crippen LogP contribution is 2.06. The maximum absolute atomic E-state index is 5.08. The number of hydrogen-bond acceptors (Lipinski definition) is 3. The minimum Gasteiger partial charge on any atom is -0.330 e. The molecule has 1 fully saturated rings. The van der Waals surface area contributed by atoms with Crippen LogP contribution < -0.4 is 5.32 Å². The number of unbranched alkanes of at least 4 members (excludes halogenated alkanes) is 1. The number of rotatable bonds is 4. The van der Waals surface area contributed by atoms with Crippen LogP contribution in [-0.2, 0) is 9.47 Å². The maximum Gasteiger partial charge on any atom is 0.300 e. The van der Waals surface area contributed by atoms with Gasteiger partial charge in [0.1, 0.15) is 0 Å². The molecule has 0 amide bonds. The lowest BCUT2D eigenvalue weighted by Crippen LogP contribution is -2.22. The molecule has 0 saturated carbocycles. The summed E-state index contributed by atoms with van der Waals surface area (Å²) < 4.78 is 10.2. The molecule has 1 aliphatic heterocycles. The van der Waals surface area contributed by atoms with Gasteiger partial charge in [0.05, 0.1) is 13.2 Å². The number of ether oxygens (including phenoxy) is 2. The highest BCUT2D eigenvalue weighted by molar-refractivity contribution is 4.66. The van der Waals surface area contributed by atoms with Crippen LogP contribution in [0, 0.1) is 6.41 Å². The van der Waals surface area contributed by atoms with E-state index in [9.17, 15) is 0 Å². The van der Waals surface area contributed by atoms with Crippen molar-refractivity contribution < 1.29 is 9.47 Å². The second kappa shape index (κ2) is 4.66. The van der Waals surface area contributed by atoms with E-state index in [2.05, 4.69) is 12.2 Å². The highest BCUT2D eigenvalue weighted by atomic mass is 16.7. The third-order valence-electron chi connectivity index (χ3n) is 1.35. The topological polar surface area (TPSA) is 30.5 Å². The molecule has 3 heteroatoms. The van der Waals surface area contributed by atoms with Gasteiger partial charge in [0.25, 0.3) is 0 Å². The van der Waals surface area contributed by atoms with Crippen LogP contribution in [0.25, 0.3) is 0 Å². The van der Waals surface area contributed by atoms with Gasteiger partial charge in [0, 0.05) is 6.54 Å². The summed E-state index contributed by atoms with van der Waals surface area (Å²) in [6, 6.07) is 0. The SMILES string of the molecule is CCCCN[C]1OCCO1. The van der Waals surface area contributed by atoms with Crippen molar-refractivity contribution in [3.63, 3.8) is 0 Å². The lowest BCUT2D eigenvalue weighted by atomic mass is 10.3. The zero-order chi connectivity index (χ0) is 7.23. The summed E-state index contributed by atoms with van der Waals surface area (Å²) in [5.41, 5.74) is 0. The normalized spacial score (nSPS) is 20.1. The van der Waals surface area contributed by atoms with Crippen molar-refractivity contribution in [1.82, 2.24) is 5.32 Å². The first-order valence-electron chi connectivity index (χ1n) is 3.80. The highest BCUT2D eigenvalue weighted by Gasteiger charge is 2.16. The molecule has 1 radical (unpaired) electrons. The average Bonchev–Trinajstić information content (AvgIpc) is 2.41. The van der Waals surface area contributed by atoms with Crippen LogP contribution in [0.2, 0.25) is 0 Å². The Kier molecular flexibility index (Phi) is 3.72. The van der Waals surface area contributed by atoms with Crippen LogP contribution in [0.1, 0.15) is 19.8 Å². The summed E-state index contributed by atoms with van der Waals surface area (Å²) in [6.07, 6.45) is 2.96. The zero-order valence-corrected chi connectivity index (χ0v) is 6.35. The van der Waals surface area contributed by atoms with Crippen LogP contribution in [-0.4, -0.2) is 19.8 Å². The van der Waals surface area contributed by atoms with Crippen LogP contribution in [0.15, 0.2) is 0 Å². The minimum atomic E-state index is 0.605. The predicted molar refractivity (Wildman–Crippen MR) is 38.1 cm³/mol. The fraction of sp³-hybridized carbons (Fsp3) is 0.857. The van der Waals surface area contributed by atoms with Crippen molar-refractivity contribution in [2.24, 2.45) is 0 Å². The molecule has 0 bridgehead atoms. The Labute approximate surface area is 61.7 Å². The Morgan fingerprint density at radius 2 is 2.10 bits per heavy atom. The quantitative estimate of drug-likeness (QED) is 0.594. The van der Waals surface area contributed by atoms with E-state index in [1.807, 2.05) is 0 Å². The molecule has 1 aliphatic rings. The molecule has 3 nitrogen and oxygen atoms in total. The van der Waals surface area contributed by atoms with E-state index >= 15 is 0 Å². The van der Waals surface area contributed by atoms with Gasteiger partial charge < -0.3 is 9.47 Å². The second-order valence-electron chi connectivity index (χ2n) is 2.26. The van der Waals surface area contributed by atoms with Crippen molar-refractivity contribution in [2.75, 3.05) is 19.8 Å². The summed E-state index contributed by atoms with van der Waals surface area (Å²) >= 11 is 0. The molecule has 0 aromatic rings. The molecule has 10 heavy (non-hydrogen) atoms. The molecule has 59 valence electrons. The summed E-state index contributed by atoms with van der Waals surface area (Å²) in [5, 5.41) is 3.05. The molecule has 1 saturated heterocycles. The van der Waals surface area contributed by atoms with Crippen LogP contribution in [0.5, 0.6) is 0 Å². The standard InChI is InChI=1S/C7H14NO2/c1-2-3-4-8-7-9-5-6-10-7/h8H,2-6H2,1H3. The van der Waals surface area contributed by atoms with Crippen molar-refractivity contribution in [2.45, 2.75) is 19.8 Å². The Morgan fingerprint density at radius 1 is 1.40 bits per heavy atom. The predicted octanol–water partition coefficient (Wildman–Crippen LogP) is 0.870. The van der Waals surface area contributed by atoms with Gasteiger partial charge in [0.2, 0.25) is 0 Å². The van der Waals surface area contributed by atoms with Gasteiger partial charge in [0.15, 0.2) is 0 Å². The molecular formula is C7H14NO2. The first-order valence-corrected chi connectivity index (χ1v) is 3.80. The summed E-state index contributed by atoms with van der Waals surface area (Å²) in [5.74, 6) is 0. The molecule has 0 unspecified atom stereocenters. The molecule has 0 aliphatic carbocycles. The largest absolute Gasteiger partial charge is 0.330 e. The fourth-order valence-electron chi connectivity index (χ4n) is 0.780. The Hall–Kier alpha value is -0.120. The van der Waals surface area contributed by atoms with E-state index in [0.717, 1.165) is 13.0 Å². The first kappa shape index (κ1) is 7.98. The van der Waals surface area contributed by atoms with Gasteiger partial charge in [-0.25, -0.2) is 0 Å². The van der Waals surface area contributed by atoms with Crippen molar-refractivity contribution in [3.05, 3.63) is 6.41 Å². The van der Waals surface area contributed by atoms with E-state index in [1.54, 1.807) is 0 Å². The zero-order valence-electron chi connectivity index (χ0n) is 6.35. The molecule has 1 N–H and O–H groups in total. The van der Waals surface area contributed by atoms with Crippen molar-refractivity contribution in [3.8, 4) is 0 Å². The van der Waals surface area contributed by atoms with E-state index in [-0.39, 0.29) is 0 Å². The van der Waals surface area contributed by atoms with Gasteiger partial charge in [-0.05, 0) is 6.42 Å². The van der Waals surface area contributed by atoms with Crippen molar-refractivity contribution >= 4 is 0 Å². The Bertz CT molecular complexity index is 81.7. The summed E-state index contributed by atoms with van der Waals surface area (Å²) in [4.78, 5) is 0. The fourth-order valence-corrected chi connectivity index (χ4v) is 0.780. The first-order chi connectivity index (χ1) is 4.93. The molecule has 0 atom stereocenters. The monoisotopic (exact) mass is 144 g/mol. The van der Waals surface area contributed by atoms with Gasteiger partial charge in [-0.3, -0.25) is 5.32 Å². The Morgan fingerprint density at radius 3 is 2.70 bits per heavy atom. The van der Waals surface area contributed by atoms with Crippen molar-refractivity contribution in [1.29, 1.82) is 0 Å². The Balaban J connectivity index is 1.91. The molecule has 0 aromatic heterocycles. The summed E-state index contributed by atoms with van der Waals surface area (Å²) in [6.45, 7) is 4.48. The second-order valence-corrected chi connectivity index (χ2v) is 2.26. The van der Waals surface area contributed by atoms with Gasteiger partial charge in [-0.1, -0.05) is 13.3 Å². The van der Waals surface area contributed by atoms with E-state index < -0.39 is 0 Å². The third kappa shape index (κ3) is 2.64. The van der Waals surface area contributed by atoms with Gasteiger partial charge >= 0.3 is 6.41 Å². The van der Waals surface area contributed by atoms with E-state index in [0.29, 0.717) is 19.6 Å². The van der Waals surface area contributed by atoms with Crippen LogP contribution in [0.4, 0.5) is 0 Å². The molecule has 1 heterocycles. The van der Waals surface area contributed by atoms with Crippen LogP contribution in [0.3, 0.4) is 0 Å². The van der Waals surface area contributed by atoms with Crippen LogP contribution >= 0.6 is 0 Å².